The molecule has 1 N–H and O–H groups in total. The third-order valence-corrected chi connectivity index (χ3v) is 5.94. The third kappa shape index (κ3) is 4.06. The van der Waals surface area contributed by atoms with E-state index >= 15 is 0 Å². The van der Waals surface area contributed by atoms with Crippen LogP contribution in [0, 0.1) is 12.8 Å². The van der Waals surface area contributed by atoms with Gasteiger partial charge >= 0.3 is 0 Å². The van der Waals surface area contributed by atoms with E-state index in [0.717, 1.165) is 51.9 Å². The second kappa shape index (κ2) is 8.33. The highest BCUT2D eigenvalue weighted by Gasteiger charge is 2.44. The largest absolute Gasteiger partial charge is 0.381 e. The molecule has 4 nitrogen and oxygen atoms in total. The minimum atomic E-state index is -0.388. The minimum absolute atomic E-state index is 0.321. The Morgan fingerprint density at radius 1 is 1.20 bits per heavy atom. The lowest BCUT2D eigenvalue weighted by atomic mass is 9.72. The Labute approximate surface area is 151 Å². The first-order chi connectivity index (χ1) is 12.2. The monoisotopic (exact) mass is 344 g/mol. The standard InChI is InChI=1S/C21H32N2O2/c1-3-22-16-18-8-12-23(13-9-18)20(24)21(10-14-25-15-11-21)19-6-4-17(2)5-7-19/h4-7,18,22H,3,8-16H2,1-2H3. The molecule has 2 aliphatic heterocycles. The van der Waals surface area contributed by atoms with E-state index in [0.29, 0.717) is 25.0 Å². The lowest BCUT2D eigenvalue weighted by Gasteiger charge is -2.42. The van der Waals surface area contributed by atoms with Crippen LogP contribution in [-0.2, 0) is 14.9 Å². The highest BCUT2D eigenvalue weighted by atomic mass is 16.5. The predicted octanol–water partition coefficient (Wildman–Crippen LogP) is 2.89. The minimum Gasteiger partial charge on any atom is -0.381 e. The maximum atomic E-state index is 13.5. The van der Waals surface area contributed by atoms with Crippen LogP contribution >= 0.6 is 0 Å². The van der Waals surface area contributed by atoms with E-state index in [9.17, 15) is 4.79 Å². The Morgan fingerprint density at radius 3 is 2.44 bits per heavy atom. The topological polar surface area (TPSA) is 41.6 Å². The summed E-state index contributed by atoms with van der Waals surface area (Å²) in [5.41, 5.74) is 2.02. The summed E-state index contributed by atoms with van der Waals surface area (Å²) in [5.74, 6) is 1.02. The maximum Gasteiger partial charge on any atom is 0.233 e. The zero-order valence-corrected chi connectivity index (χ0v) is 15.7. The van der Waals surface area contributed by atoms with E-state index in [-0.39, 0.29) is 5.41 Å². The van der Waals surface area contributed by atoms with Gasteiger partial charge in [-0.2, -0.15) is 0 Å². The van der Waals surface area contributed by atoms with Gasteiger partial charge in [0.1, 0.15) is 0 Å². The summed E-state index contributed by atoms with van der Waals surface area (Å²) in [6, 6.07) is 8.55. The average Bonchev–Trinajstić information content (AvgIpc) is 2.67. The second-order valence-electron chi connectivity index (χ2n) is 7.60. The molecule has 4 heteroatoms. The summed E-state index contributed by atoms with van der Waals surface area (Å²) in [7, 11) is 0. The fraction of sp³-hybridized carbons (Fsp3) is 0.667. The zero-order valence-electron chi connectivity index (χ0n) is 15.7. The number of carbonyl (C=O) groups is 1. The van der Waals surface area contributed by atoms with Crippen LogP contribution in [-0.4, -0.2) is 50.2 Å². The molecule has 0 unspecified atom stereocenters. The van der Waals surface area contributed by atoms with Crippen molar-refractivity contribution in [2.45, 2.75) is 44.9 Å². The van der Waals surface area contributed by atoms with Crippen molar-refractivity contribution in [1.29, 1.82) is 0 Å². The van der Waals surface area contributed by atoms with Crippen molar-refractivity contribution in [2.75, 3.05) is 39.4 Å². The van der Waals surface area contributed by atoms with Gasteiger partial charge in [-0.25, -0.2) is 0 Å². The molecule has 0 aromatic heterocycles. The molecule has 0 atom stereocenters. The van der Waals surface area contributed by atoms with Gasteiger partial charge < -0.3 is 15.0 Å². The van der Waals surface area contributed by atoms with E-state index in [1.165, 1.54) is 11.1 Å². The molecule has 0 radical (unpaired) electrons. The molecule has 2 aliphatic rings. The number of nitrogens with one attached hydrogen (secondary N) is 1. The summed E-state index contributed by atoms with van der Waals surface area (Å²) >= 11 is 0. The van der Waals surface area contributed by atoms with Crippen LogP contribution in [0.1, 0.15) is 43.7 Å². The molecule has 1 amide bonds. The zero-order chi connectivity index (χ0) is 17.7. The Balaban J connectivity index is 1.73. The number of carbonyl (C=O) groups excluding carboxylic acids is 1. The molecule has 0 aliphatic carbocycles. The lowest BCUT2D eigenvalue weighted by molar-refractivity contribution is -0.142. The Hall–Kier alpha value is -1.39. The van der Waals surface area contributed by atoms with Gasteiger partial charge in [0.15, 0.2) is 0 Å². The van der Waals surface area contributed by atoms with Crippen LogP contribution in [0.25, 0.3) is 0 Å². The lowest BCUT2D eigenvalue weighted by Crippen LogP contribution is -2.52. The van der Waals surface area contributed by atoms with Crippen LogP contribution in [0.3, 0.4) is 0 Å². The number of likely N-dealkylation sites (tertiary alicyclic amines) is 1. The van der Waals surface area contributed by atoms with E-state index in [2.05, 4.69) is 48.3 Å². The fourth-order valence-corrected chi connectivity index (χ4v) is 4.21. The first kappa shape index (κ1) is 18.4. The van der Waals surface area contributed by atoms with Gasteiger partial charge in [0, 0.05) is 26.3 Å². The molecule has 3 rings (SSSR count). The van der Waals surface area contributed by atoms with Crippen molar-refractivity contribution < 1.29 is 9.53 Å². The molecule has 2 heterocycles. The van der Waals surface area contributed by atoms with Crippen LogP contribution in [0.5, 0.6) is 0 Å². The van der Waals surface area contributed by atoms with Gasteiger partial charge in [0.05, 0.1) is 5.41 Å². The van der Waals surface area contributed by atoms with Crippen molar-refractivity contribution in [3.05, 3.63) is 35.4 Å². The van der Waals surface area contributed by atoms with Gasteiger partial charge in [-0.15, -0.1) is 0 Å². The number of ether oxygens (including phenoxy) is 1. The number of hydrogen-bond acceptors (Lipinski definition) is 3. The average molecular weight is 344 g/mol. The Bertz CT molecular complexity index is 556. The van der Waals surface area contributed by atoms with Gasteiger partial charge in [-0.1, -0.05) is 36.8 Å². The summed E-state index contributed by atoms with van der Waals surface area (Å²) in [6.07, 6.45) is 3.82. The molecule has 2 saturated heterocycles. The van der Waals surface area contributed by atoms with E-state index in [1.54, 1.807) is 0 Å². The van der Waals surface area contributed by atoms with Crippen molar-refractivity contribution >= 4 is 5.91 Å². The smallest absolute Gasteiger partial charge is 0.233 e. The molecular formula is C21H32N2O2. The van der Waals surface area contributed by atoms with Crippen molar-refractivity contribution in [3.8, 4) is 0 Å². The van der Waals surface area contributed by atoms with E-state index in [1.807, 2.05) is 0 Å². The quantitative estimate of drug-likeness (QED) is 0.893. The van der Waals surface area contributed by atoms with Gasteiger partial charge in [-0.05, 0) is 57.2 Å². The van der Waals surface area contributed by atoms with E-state index < -0.39 is 0 Å². The van der Waals surface area contributed by atoms with Gasteiger partial charge in [0.2, 0.25) is 5.91 Å². The second-order valence-corrected chi connectivity index (χ2v) is 7.60. The van der Waals surface area contributed by atoms with Crippen molar-refractivity contribution in [3.63, 3.8) is 0 Å². The molecule has 1 aromatic carbocycles. The van der Waals surface area contributed by atoms with E-state index in [4.69, 9.17) is 4.74 Å². The predicted molar refractivity (Wildman–Crippen MR) is 101 cm³/mol. The van der Waals surface area contributed by atoms with Crippen LogP contribution in [0.15, 0.2) is 24.3 Å². The molecule has 2 fully saturated rings. The molecule has 0 spiro atoms. The number of benzene rings is 1. The van der Waals surface area contributed by atoms with Crippen molar-refractivity contribution in [1.82, 2.24) is 10.2 Å². The normalized spacial score (nSPS) is 21.3. The van der Waals surface area contributed by atoms with Crippen LogP contribution in [0.2, 0.25) is 0 Å². The Kier molecular flexibility index (Phi) is 6.13. The molecule has 0 saturated carbocycles. The summed E-state index contributed by atoms with van der Waals surface area (Å²) < 4.78 is 5.59. The molecular weight excluding hydrogens is 312 g/mol. The molecule has 1 aromatic rings. The highest BCUT2D eigenvalue weighted by molar-refractivity contribution is 5.88. The molecule has 25 heavy (non-hydrogen) atoms. The summed E-state index contributed by atoms with van der Waals surface area (Å²) in [5, 5.41) is 3.44. The third-order valence-electron chi connectivity index (χ3n) is 5.94. The number of amides is 1. The van der Waals surface area contributed by atoms with Crippen molar-refractivity contribution in [2.24, 2.45) is 5.92 Å². The fourth-order valence-electron chi connectivity index (χ4n) is 4.21. The SMILES string of the molecule is CCNCC1CCN(C(=O)C2(c3ccc(C)cc3)CCOCC2)CC1. The van der Waals surface area contributed by atoms with Gasteiger partial charge in [0.25, 0.3) is 0 Å². The Morgan fingerprint density at radius 2 is 1.84 bits per heavy atom. The summed E-state index contributed by atoms with van der Waals surface area (Å²) in [6.45, 7) is 9.48. The highest BCUT2D eigenvalue weighted by Crippen LogP contribution is 2.38. The molecule has 0 bridgehead atoms. The molecule has 138 valence electrons. The number of piperidine rings is 1. The first-order valence-corrected chi connectivity index (χ1v) is 9.80. The summed E-state index contributed by atoms with van der Waals surface area (Å²) in [4.78, 5) is 15.7. The first-order valence-electron chi connectivity index (χ1n) is 9.80. The number of hydrogen-bond donors (Lipinski definition) is 1. The maximum absolute atomic E-state index is 13.5. The number of rotatable bonds is 5. The number of nitrogens with zero attached hydrogens (tertiary/aromatic N) is 1. The number of aryl methyl sites for hydroxylation is 1. The van der Waals surface area contributed by atoms with Crippen LogP contribution < -0.4 is 5.32 Å². The van der Waals surface area contributed by atoms with Crippen LogP contribution in [0.4, 0.5) is 0 Å². The van der Waals surface area contributed by atoms with Gasteiger partial charge in [-0.3, -0.25) is 4.79 Å².